The van der Waals surface area contributed by atoms with Crippen molar-refractivity contribution in [1.82, 2.24) is 10.6 Å². The van der Waals surface area contributed by atoms with Crippen LogP contribution in [0.1, 0.15) is 42.3 Å². The maximum absolute atomic E-state index is 15.2. The van der Waals surface area contributed by atoms with E-state index in [2.05, 4.69) is 10.6 Å². The highest BCUT2D eigenvalue weighted by molar-refractivity contribution is 5.93. The van der Waals surface area contributed by atoms with Gasteiger partial charge in [0.05, 0.1) is 30.7 Å². The van der Waals surface area contributed by atoms with Gasteiger partial charge in [0.25, 0.3) is 5.91 Å². The van der Waals surface area contributed by atoms with Gasteiger partial charge in [-0.05, 0) is 50.5 Å². The Kier molecular flexibility index (Phi) is 6.52. The van der Waals surface area contributed by atoms with Crippen LogP contribution >= 0.6 is 0 Å². The number of halogens is 1. The minimum absolute atomic E-state index is 0.197. The van der Waals surface area contributed by atoms with E-state index in [4.69, 9.17) is 9.15 Å². The van der Waals surface area contributed by atoms with Crippen LogP contribution in [0.5, 0.6) is 0 Å². The number of nitrogens with one attached hydrogen (secondary N) is 2. The Morgan fingerprint density at radius 1 is 1.24 bits per heavy atom. The number of cyclic esters (lactones) is 1. The van der Waals surface area contributed by atoms with E-state index in [0.717, 1.165) is 18.4 Å². The Labute approximate surface area is 190 Å². The summed E-state index contributed by atoms with van der Waals surface area (Å²) in [5, 5.41) is 5.56. The summed E-state index contributed by atoms with van der Waals surface area (Å²) in [5.74, 6) is -0.805. The van der Waals surface area contributed by atoms with Crippen molar-refractivity contribution in [2.24, 2.45) is 0 Å². The van der Waals surface area contributed by atoms with Crippen LogP contribution in [0.4, 0.5) is 20.6 Å². The van der Waals surface area contributed by atoms with Crippen molar-refractivity contribution in [3.8, 4) is 0 Å². The molecule has 9 nitrogen and oxygen atoms in total. The Morgan fingerprint density at radius 2 is 2.06 bits per heavy atom. The number of rotatable bonds is 6. The Hall–Kier alpha value is -3.56. The second kappa shape index (κ2) is 9.51. The second-order valence-electron chi connectivity index (χ2n) is 8.30. The molecule has 0 saturated carbocycles. The largest absolute Gasteiger partial charge is 0.459 e. The van der Waals surface area contributed by atoms with Gasteiger partial charge in [-0.2, -0.15) is 0 Å². The molecule has 3 amide bonds. The zero-order valence-corrected chi connectivity index (χ0v) is 18.6. The molecule has 0 aliphatic carbocycles. The number of anilines is 2. The number of nitrogens with zero attached hydrogens (tertiary/aromatic N) is 2. The van der Waals surface area contributed by atoms with Gasteiger partial charge in [-0.1, -0.05) is 0 Å². The van der Waals surface area contributed by atoms with Crippen LogP contribution in [0.25, 0.3) is 0 Å². The molecule has 33 heavy (non-hydrogen) atoms. The fourth-order valence-corrected chi connectivity index (χ4v) is 4.19. The molecule has 0 unspecified atom stereocenters. The summed E-state index contributed by atoms with van der Waals surface area (Å²) in [5.41, 5.74) is 1.46. The molecule has 2 aliphatic heterocycles. The third kappa shape index (κ3) is 4.94. The molecule has 4 rings (SSSR count). The van der Waals surface area contributed by atoms with Gasteiger partial charge >= 0.3 is 6.09 Å². The molecule has 2 saturated heterocycles. The van der Waals surface area contributed by atoms with Crippen molar-refractivity contribution in [3.63, 3.8) is 0 Å². The predicted molar refractivity (Wildman–Crippen MR) is 119 cm³/mol. The minimum atomic E-state index is -0.588. The summed E-state index contributed by atoms with van der Waals surface area (Å²) in [6, 6.07) is 6.28. The van der Waals surface area contributed by atoms with Gasteiger partial charge in [-0.15, -0.1) is 0 Å². The van der Waals surface area contributed by atoms with Crippen LogP contribution in [-0.2, 0) is 9.53 Å². The van der Waals surface area contributed by atoms with Crippen LogP contribution in [0.2, 0.25) is 0 Å². The molecular formula is C23H27FN4O5. The van der Waals surface area contributed by atoms with Crippen molar-refractivity contribution < 1.29 is 27.9 Å². The predicted octanol–water partition coefficient (Wildman–Crippen LogP) is 2.93. The Balaban J connectivity index is 1.48. The van der Waals surface area contributed by atoms with Crippen molar-refractivity contribution in [2.75, 3.05) is 29.4 Å². The highest BCUT2D eigenvalue weighted by atomic mass is 19.1. The molecule has 0 bridgehead atoms. The number of piperidine rings is 1. The van der Waals surface area contributed by atoms with Gasteiger partial charge in [0, 0.05) is 19.0 Å². The van der Waals surface area contributed by atoms with Crippen LogP contribution in [0.3, 0.4) is 0 Å². The fraction of sp³-hybridized carbons (Fsp3) is 0.435. The molecule has 0 radical (unpaired) electrons. The first-order valence-corrected chi connectivity index (χ1v) is 11.0. The smallest absolute Gasteiger partial charge is 0.414 e. The zero-order valence-electron chi connectivity index (χ0n) is 18.6. The molecular weight excluding hydrogens is 431 g/mol. The molecule has 3 heterocycles. The zero-order chi connectivity index (χ0) is 23.5. The molecule has 2 N–H and O–H groups in total. The van der Waals surface area contributed by atoms with Gasteiger partial charge in [0.15, 0.2) is 5.76 Å². The highest BCUT2D eigenvalue weighted by Crippen LogP contribution is 2.31. The summed E-state index contributed by atoms with van der Waals surface area (Å²) in [7, 11) is 0. The molecule has 2 aromatic rings. The number of ether oxygens (including phenoxy) is 1. The van der Waals surface area contributed by atoms with Gasteiger partial charge < -0.3 is 24.7 Å². The molecule has 176 valence electrons. The van der Waals surface area contributed by atoms with Crippen LogP contribution in [0.15, 0.2) is 34.9 Å². The van der Waals surface area contributed by atoms with E-state index in [1.165, 1.54) is 24.2 Å². The number of aryl methyl sites for hydroxylation is 1. The first-order chi connectivity index (χ1) is 15.8. The summed E-state index contributed by atoms with van der Waals surface area (Å²) in [4.78, 5) is 39.1. The van der Waals surface area contributed by atoms with Crippen LogP contribution in [-0.4, -0.2) is 49.8 Å². The number of amides is 3. The summed E-state index contributed by atoms with van der Waals surface area (Å²) in [6.07, 6.45) is 2.45. The molecule has 2 aliphatic rings. The van der Waals surface area contributed by atoms with Crippen LogP contribution in [0, 0.1) is 12.7 Å². The molecule has 2 atom stereocenters. The van der Waals surface area contributed by atoms with E-state index in [1.54, 1.807) is 25.1 Å². The number of hydrogen-bond donors (Lipinski definition) is 2. The summed E-state index contributed by atoms with van der Waals surface area (Å²) >= 11 is 0. The average molecular weight is 458 g/mol. The monoisotopic (exact) mass is 458 g/mol. The van der Waals surface area contributed by atoms with Gasteiger partial charge in [0.1, 0.15) is 18.1 Å². The third-order valence-corrected chi connectivity index (χ3v) is 5.87. The average Bonchev–Trinajstić information content (AvgIpc) is 3.38. The first-order valence-electron chi connectivity index (χ1n) is 11.0. The number of hydrogen-bond acceptors (Lipinski definition) is 6. The van der Waals surface area contributed by atoms with E-state index in [-0.39, 0.29) is 36.8 Å². The molecule has 2 fully saturated rings. The maximum atomic E-state index is 15.2. The molecule has 10 heteroatoms. The lowest BCUT2D eigenvalue weighted by Crippen LogP contribution is -2.51. The molecule has 1 aromatic heterocycles. The molecule has 1 aromatic carbocycles. The lowest BCUT2D eigenvalue weighted by atomic mass is 10.1. The quantitative estimate of drug-likeness (QED) is 0.690. The van der Waals surface area contributed by atoms with E-state index in [9.17, 15) is 14.4 Å². The Morgan fingerprint density at radius 3 is 2.76 bits per heavy atom. The van der Waals surface area contributed by atoms with E-state index >= 15 is 4.39 Å². The SMILES string of the molecule is CC(=O)NC[C@H]1CN(c2ccc(N3CCCC[C@H]3NC(=O)c3occc3C)c(F)c2)C(=O)O1. The highest BCUT2D eigenvalue weighted by Gasteiger charge is 2.33. The fourth-order valence-electron chi connectivity index (χ4n) is 4.19. The third-order valence-electron chi connectivity index (χ3n) is 5.87. The van der Waals surface area contributed by atoms with E-state index < -0.39 is 18.0 Å². The van der Waals surface area contributed by atoms with Crippen LogP contribution < -0.4 is 20.4 Å². The number of benzene rings is 1. The Bertz CT molecular complexity index is 1060. The minimum Gasteiger partial charge on any atom is -0.459 e. The maximum Gasteiger partial charge on any atom is 0.414 e. The van der Waals surface area contributed by atoms with E-state index in [1.807, 2.05) is 4.90 Å². The lowest BCUT2D eigenvalue weighted by Gasteiger charge is -2.38. The van der Waals surface area contributed by atoms with Crippen molar-refractivity contribution in [1.29, 1.82) is 0 Å². The first kappa shape index (κ1) is 22.6. The van der Waals surface area contributed by atoms with Gasteiger partial charge in [0.2, 0.25) is 5.91 Å². The van der Waals surface area contributed by atoms with Crippen molar-refractivity contribution in [3.05, 3.63) is 47.7 Å². The van der Waals surface area contributed by atoms with Gasteiger partial charge in [-0.25, -0.2) is 9.18 Å². The molecule has 0 spiro atoms. The second-order valence-corrected chi connectivity index (χ2v) is 8.30. The van der Waals surface area contributed by atoms with Crippen molar-refractivity contribution >= 4 is 29.3 Å². The standard InChI is InChI=1S/C23H27FN4O5/c1-14-8-10-32-21(14)22(30)26-20-5-3-4-9-27(20)19-7-6-16(11-18(19)24)28-13-17(33-23(28)31)12-25-15(2)29/h6-8,10-11,17,20H,3-5,9,12-13H2,1-2H3,(H,25,29)(H,26,30)/t17-,20-/m0/s1. The van der Waals surface area contributed by atoms with Gasteiger partial charge in [-0.3, -0.25) is 14.5 Å². The van der Waals surface area contributed by atoms with Crippen molar-refractivity contribution in [2.45, 2.75) is 45.4 Å². The van der Waals surface area contributed by atoms with E-state index in [0.29, 0.717) is 24.3 Å². The number of carbonyl (C=O) groups excluding carboxylic acids is 3. The summed E-state index contributed by atoms with van der Waals surface area (Å²) in [6.45, 7) is 4.17. The summed E-state index contributed by atoms with van der Waals surface area (Å²) < 4.78 is 25.7. The lowest BCUT2D eigenvalue weighted by molar-refractivity contribution is -0.119. The topological polar surface area (TPSA) is 104 Å². The number of carbonyl (C=O) groups is 3. The number of furan rings is 1. The normalized spacial score (nSPS) is 20.5.